The topological polar surface area (TPSA) is 48.1 Å². The minimum absolute atomic E-state index is 0.378. The molecule has 0 aliphatic heterocycles. The lowest BCUT2D eigenvalue weighted by molar-refractivity contribution is 0.185. The first-order chi connectivity index (χ1) is 7.74. The molecule has 0 unspecified atom stereocenters. The maximum absolute atomic E-state index is 5.79. The van der Waals surface area contributed by atoms with E-state index in [0.29, 0.717) is 18.3 Å². The maximum Gasteiger partial charge on any atom is 0.128 e. The third-order valence-electron chi connectivity index (χ3n) is 2.45. The van der Waals surface area contributed by atoms with Crippen LogP contribution < -0.4 is 5.73 Å². The molecule has 0 bridgehead atoms. The zero-order chi connectivity index (χ0) is 11.5. The summed E-state index contributed by atoms with van der Waals surface area (Å²) in [6.45, 7) is 0.594. The number of fused-ring (bicyclic) bond motifs is 1. The SMILES string of the molecule is COCc1ccc2nc(N)c(CCl)cc2c1. The molecule has 1 aromatic carbocycles. The van der Waals surface area contributed by atoms with Crippen LogP contribution in [0.1, 0.15) is 11.1 Å². The van der Waals surface area contributed by atoms with Crippen molar-refractivity contribution in [1.29, 1.82) is 0 Å². The second-order valence-electron chi connectivity index (χ2n) is 3.63. The molecule has 2 rings (SSSR count). The zero-order valence-corrected chi connectivity index (χ0v) is 9.79. The van der Waals surface area contributed by atoms with Crippen molar-refractivity contribution >= 4 is 28.3 Å². The number of nitrogens with zero attached hydrogens (tertiary/aromatic N) is 1. The molecule has 0 fully saturated rings. The van der Waals surface area contributed by atoms with Gasteiger partial charge in [0.15, 0.2) is 0 Å². The van der Waals surface area contributed by atoms with Gasteiger partial charge in [-0.05, 0) is 23.8 Å². The second kappa shape index (κ2) is 4.68. The van der Waals surface area contributed by atoms with E-state index in [9.17, 15) is 0 Å². The number of hydrogen-bond donors (Lipinski definition) is 1. The van der Waals surface area contributed by atoms with Crippen LogP contribution in [0.25, 0.3) is 10.9 Å². The third-order valence-corrected chi connectivity index (χ3v) is 2.73. The predicted molar refractivity (Wildman–Crippen MR) is 66.4 cm³/mol. The zero-order valence-electron chi connectivity index (χ0n) is 9.03. The van der Waals surface area contributed by atoms with Gasteiger partial charge in [0.1, 0.15) is 5.82 Å². The number of nitrogens with two attached hydrogens (primary N) is 1. The molecule has 0 saturated carbocycles. The molecule has 0 radical (unpaired) electrons. The van der Waals surface area contributed by atoms with Crippen LogP contribution in [0.2, 0.25) is 0 Å². The lowest BCUT2D eigenvalue weighted by Crippen LogP contribution is -1.97. The number of ether oxygens (including phenoxy) is 1. The summed E-state index contributed by atoms with van der Waals surface area (Å²) >= 11 is 5.79. The quantitative estimate of drug-likeness (QED) is 0.834. The van der Waals surface area contributed by atoms with Crippen LogP contribution in [-0.4, -0.2) is 12.1 Å². The summed E-state index contributed by atoms with van der Waals surface area (Å²) in [6, 6.07) is 7.95. The predicted octanol–water partition coefficient (Wildman–Crippen LogP) is 2.70. The molecule has 0 spiro atoms. The fourth-order valence-corrected chi connectivity index (χ4v) is 1.86. The number of halogens is 1. The van der Waals surface area contributed by atoms with Crippen molar-refractivity contribution in [2.75, 3.05) is 12.8 Å². The van der Waals surface area contributed by atoms with Crippen LogP contribution in [-0.2, 0) is 17.2 Å². The van der Waals surface area contributed by atoms with Crippen LogP contribution in [0.4, 0.5) is 5.82 Å². The van der Waals surface area contributed by atoms with E-state index in [0.717, 1.165) is 22.0 Å². The first-order valence-electron chi connectivity index (χ1n) is 4.97. The van der Waals surface area contributed by atoms with Gasteiger partial charge in [-0.2, -0.15) is 0 Å². The highest BCUT2D eigenvalue weighted by Crippen LogP contribution is 2.21. The van der Waals surface area contributed by atoms with Gasteiger partial charge in [-0.3, -0.25) is 0 Å². The van der Waals surface area contributed by atoms with Crippen LogP contribution in [0, 0.1) is 0 Å². The smallest absolute Gasteiger partial charge is 0.128 e. The fraction of sp³-hybridized carbons (Fsp3) is 0.250. The second-order valence-corrected chi connectivity index (χ2v) is 3.89. The van der Waals surface area contributed by atoms with E-state index in [2.05, 4.69) is 4.98 Å². The Labute approximate surface area is 99.2 Å². The number of anilines is 1. The Bertz CT molecular complexity index is 514. The molecule has 84 valence electrons. The average molecular weight is 237 g/mol. The number of benzene rings is 1. The molecule has 3 nitrogen and oxygen atoms in total. The lowest BCUT2D eigenvalue weighted by Gasteiger charge is -2.06. The molecule has 2 aromatic rings. The number of methoxy groups -OCH3 is 1. The Morgan fingerprint density at radius 3 is 2.88 bits per heavy atom. The summed E-state index contributed by atoms with van der Waals surface area (Å²) in [6.07, 6.45) is 0. The molecule has 0 aliphatic carbocycles. The summed E-state index contributed by atoms with van der Waals surface area (Å²) in [7, 11) is 1.68. The molecule has 1 aromatic heterocycles. The van der Waals surface area contributed by atoms with E-state index in [1.807, 2.05) is 24.3 Å². The van der Waals surface area contributed by atoms with Crippen molar-refractivity contribution in [2.24, 2.45) is 0 Å². The Kier molecular flexibility index (Phi) is 3.27. The van der Waals surface area contributed by atoms with E-state index in [-0.39, 0.29) is 0 Å². The summed E-state index contributed by atoms with van der Waals surface area (Å²) in [5.41, 5.74) is 8.63. The van der Waals surface area contributed by atoms with E-state index in [4.69, 9.17) is 22.1 Å². The van der Waals surface area contributed by atoms with Crippen molar-refractivity contribution in [2.45, 2.75) is 12.5 Å². The molecule has 0 saturated heterocycles. The van der Waals surface area contributed by atoms with Crippen LogP contribution in [0.5, 0.6) is 0 Å². The highest BCUT2D eigenvalue weighted by molar-refractivity contribution is 6.17. The summed E-state index contributed by atoms with van der Waals surface area (Å²) in [5, 5.41) is 1.04. The Hall–Kier alpha value is -1.32. The maximum atomic E-state index is 5.79. The first-order valence-corrected chi connectivity index (χ1v) is 5.51. The van der Waals surface area contributed by atoms with Gasteiger partial charge in [0.05, 0.1) is 18.0 Å². The summed E-state index contributed by atoms with van der Waals surface area (Å²) in [5.74, 6) is 0.880. The molecular weight excluding hydrogens is 224 g/mol. The third kappa shape index (κ3) is 2.10. The molecule has 0 aliphatic rings. The van der Waals surface area contributed by atoms with Crippen LogP contribution in [0.3, 0.4) is 0 Å². The Morgan fingerprint density at radius 2 is 2.19 bits per heavy atom. The van der Waals surface area contributed by atoms with Crippen molar-refractivity contribution in [3.05, 3.63) is 35.4 Å². The van der Waals surface area contributed by atoms with Crippen LogP contribution in [0.15, 0.2) is 24.3 Å². The largest absolute Gasteiger partial charge is 0.383 e. The van der Waals surface area contributed by atoms with Gasteiger partial charge >= 0.3 is 0 Å². The highest BCUT2D eigenvalue weighted by atomic mass is 35.5. The van der Waals surface area contributed by atoms with E-state index in [1.54, 1.807) is 7.11 Å². The van der Waals surface area contributed by atoms with Gasteiger partial charge in [-0.1, -0.05) is 6.07 Å². The lowest BCUT2D eigenvalue weighted by atomic mass is 10.1. The van der Waals surface area contributed by atoms with Crippen molar-refractivity contribution in [3.8, 4) is 0 Å². The van der Waals surface area contributed by atoms with Gasteiger partial charge in [0.25, 0.3) is 0 Å². The fourth-order valence-electron chi connectivity index (χ4n) is 1.65. The van der Waals surface area contributed by atoms with Gasteiger partial charge in [0.2, 0.25) is 0 Å². The number of pyridine rings is 1. The molecule has 4 heteroatoms. The standard InChI is InChI=1S/C12H13ClN2O/c1-16-7-8-2-3-11-9(4-8)5-10(6-13)12(14)15-11/h2-5H,6-7H2,1H3,(H2,14,15). The summed E-state index contributed by atoms with van der Waals surface area (Å²) in [4.78, 5) is 4.30. The minimum atomic E-state index is 0.378. The normalized spacial score (nSPS) is 10.9. The van der Waals surface area contributed by atoms with Gasteiger partial charge in [0, 0.05) is 18.1 Å². The highest BCUT2D eigenvalue weighted by Gasteiger charge is 2.03. The van der Waals surface area contributed by atoms with Crippen molar-refractivity contribution in [3.63, 3.8) is 0 Å². The molecule has 0 atom stereocenters. The Morgan fingerprint density at radius 1 is 1.38 bits per heavy atom. The molecular formula is C12H13ClN2O. The number of alkyl halides is 1. The van der Waals surface area contributed by atoms with Gasteiger partial charge < -0.3 is 10.5 Å². The molecule has 1 heterocycles. The van der Waals surface area contributed by atoms with E-state index >= 15 is 0 Å². The van der Waals surface area contributed by atoms with Crippen LogP contribution >= 0.6 is 11.6 Å². The van der Waals surface area contributed by atoms with E-state index in [1.165, 1.54) is 0 Å². The molecule has 2 N–H and O–H groups in total. The molecule has 16 heavy (non-hydrogen) atoms. The Balaban J connectivity index is 2.54. The summed E-state index contributed by atoms with van der Waals surface area (Å²) < 4.78 is 5.09. The number of aromatic nitrogens is 1. The number of rotatable bonds is 3. The van der Waals surface area contributed by atoms with E-state index < -0.39 is 0 Å². The average Bonchev–Trinajstić information content (AvgIpc) is 2.29. The monoisotopic (exact) mass is 236 g/mol. The first kappa shape index (κ1) is 11.2. The van der Waals surface area contributed by atoms with Gasteiger partial charge in [-0.15, -0.1) is 11.6 Å². The van der Waals surface area contributed by atoms with Crippen molar-refractivity contribution in [1.82, 2.24) is 4.98 Å². The minimum Gasteiger partial charge on any atom is -0.383 e. The van der Waals surface area contributed by atoms with Crippen molar-refractivity contribution < 1.29 is 4.74 Å². The number of nitrogen functional groups attached to an aromatic ring is 1. The molecule has 0 amide bonds. The van der Waals surface area contributed by atoms with Gasteiger partial charge in [-0.25, -0.2) is 4.98 Å². The number of hydrogen-bond acceptors (Lipinski definition) is 3.